The molecule has 1 heterocycles. The van der Waals surface area contributed by atoms with E-state index in [1.165, 1.54) is 0 Å². The quantitative estimate of drug-likeness (QED) is 0.234. The fourth-order valence-electron chi connectivity index (χ4n) is 4.84. The molecule has 2 rings (SSSR count). The molecule has 3 amide bonds. The van der Waals surface area contributed by atoms with Gasteiger partial charge >= 0.3 is 6.09 Å². The van der Waals surface area contributed by atoms with Crippen molar-refractivity contribution >= 4 is 35.5 Å². The van der Waals surface area contributed by atoms with E-state index in [2.05, 4.69) is 17.6 Å². The molecule has 200 valence electrons. The van der Waals surface area contributed by atoms with Crippen molar-refractivity contribution in [2.75, 3.05) is 25.4 Å². The highest BCUT2D eigenvalue weighted by Gasteiger charge is 2.44. The summed E-state index contributed by atoms with van der Waals surface area (Å²) in [5.74, 6) is 1.29. The fraction of sp³-hybridized carbons (Fsp3) is 0.840. The van der Waals surface area contributed by atoms with Gasteiger partial charge in [0, 0.05) is 23.8 Å². The summed E-state index contributed by atoms with van der Waals surface area (Å²) in [4.78, 5) is 40.9. The van der Waals surface area contributed by atoms with Crippen molar-refractivity contribution in [2.24, 2.45) is 17.6 Å². The smallest absolute Gasteiger partial charge is 0.407 e. The molecule has 10 heteroatoms. The second kappa shape index (κ2) is 13.9. The van der Waals surface area contributed by atoms with E-state index in [1.54, 1.807) is 16.7 Å². The molecule has 0 bridgehead atoms. The van der Waals surface area contributed by atoms with Crippen molar-refractivity contribution in [3.8, 4) is 0 Å². The fourth-order valence-corrected chi connectivity index (χ4v) is 5.90. The van der Waals surface area contributed by atoms with E-state index in [0.29, 0.717) is 38.5 Å². The van der Waals surface area contributed by atoms with Gasteiger partial charge in [-0.2, -0.15) is 11.8 Å². The molecule has 9 nitrogen and oxygen atoms in total. The molecule has 35 heavy (non-hydrogen) atoms. The molecule has 1 saturated heterocycles. The summed E-state index contributed by atoms with van der Waals surface area (Å²) in [6, 6.07) is -1.32. The average Bonchev–Trinajstić information content (AvgIpc) is 3.33. The minimum absolute atomic E-state index is 0.129. The molecule has 0 aromatic rings. The van der Waals surface area contributed by atoms with Gasteiger partial charge in [0.25, 0.3) is 0 Å². The number of likely N-dealkylation sites (tertiary alicyclic amines) is 1. The van der Waals surface area contributed by atoms with E-state index in [1.807, 2.05) is 20.8 Å². The van der Waals surface area contributed by atoms with Gasteiger partial charge in [0.2, 0.25) is 11.8 Å². The van der Waals surface area contributed by atoms with Crippen molar-refractivity contribution < 1.29 is 19.1 Å². The molecule has 0 aromatic carbocycles. The van der Waals surface area contributed by atoms with Gasteiger partial charge in [-0.1, -0.05) is 13.8 Å². The average molecular weight is 512 g/mol. The van der Waals surface area contributed by atoms with Crippen LogP contribution in [0.2, 0.25) is 0 Å². The lowest BCUT2D eigenvalue weighted by atomic mass is 9.81. The molecule has 2 aliphatic rings. The van der Waals surface area contributed by atoms with Crippen molar-refractivity contribution in [2.45, 2.75) is 95.9 Å². The number of hydrogen-bond acceptors (Lipinski definition) is 6. The number of nitrogens with zero attached hydrogens (tertiary/aromatic N) is 1. The summed E-state index contributed by atoms with van der Waals surface area (Å²) in [5.41, 5.74) is 5.64. The van der Waals surface area contributed by atoms with Crippen molar-refractivity contribution in [1.29, 1.82) is 5.41 Å². The van der Waals surface area contributed by atoms with Crippen LogP contribution < -0.4 is 16.4 Å². The van der Waals surface area contributed by atoms with Gasteiger partial charge in [-0.3, -0.25) is 15.0 Å². The highest BCUT2D eigenvalue weighted by molar-refractivity contribution is 8.00. The minimum Gasteiger partial charge on any atom is -0.450 e. The molecule has 1 aliphatic heterocycles. The van der Waals surface area contributed by atoms with Crippen LogP contribution in [0.3, 0.4) is 0 Å². The second-order valence-electron chi connectivity index (χ2n) is 10.3. The predicted octanol–water partition coefficient (Wildman–Crippen LogP) is 3.26. The number of carbonyl (C=O) groups excluding carboxylic acids is 3. The Morgan fingerprint density at radius 3 is 2.43 bits per heavy atom. The lowest BCUT2D eigenvalue weighted by molar-refractivity contribution is -0.140. The lowest BCUT2D eigenvalue weighted by Crippen LogP contribution is -2.60. The minimum atomic E-state index is -0.793. The van der Waals surface area contributed by atoms with E-state index in [0.717, 1.165) is 44.3 Å². The van der Waals surface area contributed by atoms with Gasteiger partial charge in [-0.25, -0.2) is 4.79 Å². The van der Waals surface area contributed by atoms with Crippen LogP contribution in [0.5, 0.6) is 0 Å². The highest BCUT2D eigenvalue weighted by atomic mass is 32.2. The van der Waals surface area contributed by atoms with Crippen LogP contribution in [-0.4, -0.2) is 70.9 Å². The van der Waals surface area contributed by atoms with Gasteiger partial charge in [-0.15, -0.1) is 0 Å². The second-order valence-corrected chi connectivity index (χ2v) is 12.0. The zero-order chi connectivity index (χ0) is 26.0. The number of ether oxygens (including phenoxy) is 1. The van der Waals surface area contributed by atoms with E-state index >= 15 is 0 Å². The van der Waals surface area contributed by atoms with E-state index in [-0.39, 0.29) is 23.6 Å². The maximum atomic E-state index is 13.7. The molecule has 1 aliphatic carbocycles. The third-order valence-corrected chi connectivity index (χ3v) is 8.60. The van der Waals surface area contributed by atoms with Crippen molar-refractivity contribution in [1.82, 2.24) is 15.5 Å². The Morgan fingerprint density at radius 1 is 1.14 bits per heavy atom. The number of amides is 3. The molecule has 5 N–H and O–H groups in total. The maximum Gasteiger partial charge on any atom is 0.407 e. The first-order chi connectivity index (χ1) is 16.6. The molecular weight excluding hydrogens is 466 g/mol. The summed E-state index contributed by atoms with van der Waals surface area (Å²) < 4.78 is 4.65. The molecule has 2 fully saturated rings. The number of amidine groups is 1. The summed E-state index contributed by atoms with van der Waals surface area (Å²) >= 11 is 1.64. The number of hydrogen-bond donors (Lipinski definition) is 4. The van der Waals surface area contributed by atoms with Crippen LogP contribution in [0.1, 0.15) is 79.1 Å². The monoisotopic (exact) mass is 511 g/mol. The number of nitrogens with two attached hydrogens (primary N) is 1. The molecule has 0 aromatic heterocycles. The first-order valence-electron chi connectivity index (χ1n) is 13.1. The highest BCUT2D eigenvalue weighted by Crippen LogP contribution is 2.32. The van der Waals surface area contributed by atoms with Crippen LogP contribution >= 0.6 is 11.8 Å². The molecule has 2 atom stereocenters. The third-order valence-electron chi connectivity index (χ3n) is 7.01. The first kappa shape index (κ1) is 29.3. The Labute approximate surface area is 214 Å². The number of rotatable bonds is 12. The SMILES string of the molecule is CCCOC(=O)N[C@@H](C(=O)N1CCC[C@H]1C(=O)NCC1CCC(C(=N)N)CC1)C(C)(C)SCCC. The number of thioether (sulfide) groups is 1. The zero-order valence-electron chi connectivity index (χ0n) is 21.9. The number of carbonyl (C=O) groups is 3. The Bertz CT molecular complexity index is 739. The Morgan fingerprint density at radius 2 is 1.83 bits per heavy atom. The molecule has 0 radical (unpaired) electrons. The van der Waals surface area contributed by atoms with E-state index in [4.69, 9.17) is 15.9 Å². The number of nitrogens with one attached hydrogen (secondary N) is 3. The topological polar surface area (TPSA) is 138 Å². The predicted molar refractivity (Wildman–Crippen MR) is 140 cm³/mol. The van der Waals surface area contributed by atoms with E-state index < -0.39 is 22.9 Å². The van der Waals surface area contributed by atoms with Gasteiger partial charge in [-0.05, 0) is 76.9 Å². The normalized spacial score (nSPS) is 23.4. The number of alkyl carbamates (subject to hydrolysis) is 1. The Kier molecular flexibility index (Phi) is 11.7. The van der Waals surface area contributed by atoms with Crippen molar-refractivity contribution in [3.63, 3.8) is 0 Å². The van der Waals surface area contributed by atoms with Gasteiger partial charge in [0.05, 0.1) is 12.4 Å². The summed E-state index contributed by atoms with van der Waals surface area (Å²) in [6.45, 7) is 9.27. The third kappa shape index (κ3) is 8.58. The Balaban J connectivity index is 2.03. The molecule has 0 spiro atoms. The van der Waals surface area contributed by atoms with E-state index in [9.17, 15) is 14.4 Å². The summed E-state index contributed by atoms with van der Waals surface area (Å²) in [7, 11) is 0. The van der Waals surface area contributed by atoms with Gasteiger partial charge in [0.15, 0.2) is 0 Å². The van der Waals surface area contributed by atoms with Crippen LogP contribution in [0.15, 0.2) is 0 Å². The van der Waals surface area contributed by atoms with Crippen molar-refractivity contribution in [3.05, 3.63) is 0 Å². The van der Waals surface area contributed by atoms with Crippen LogP contribution in [-0.2, 0) is 14.3 Å². The lowest BCUT2D eigenvalue weighted by Gasteiger charge is -2.37. The standard InChI is InChI=1S/C25H45N5O4S/c1-5-14-34-24(33)29-20(25(3,4)35-15-6-2)23(32)30-13-7-8-19(30)22(31)28-16-17-9-11-18(12-10-17)21(26)27/h17-20H,5-16H2,1-4H3,(H3,26,27)(H,28,31)(H,29,33)/t17?,18?,19-,20-/m0/s1. The first-order valence-corrected chi connectivity index (χ1v) is 14.1. The molecular formula is C25H45N5O4S. The maximum absolute atomic E-state index is 13.7. The zero-order valence-corrected chi connectivity index (χ0v) is 22.7. The summed E-state index contributed by atoms with van der Waals surface area (Å²) in [5, 5.41) is 13.5. The largest absolute Gasteiger partial charge is 0.450 e. The van der Waals surface area contributed by atoms with Crippen LogP contribution in [0.25, 0.3) is 0 Å². The Hall–Kier alpha value is -1.97. The molecule has 0 unspecified atom stereocenters. The summed E-state index contributed by atoms with van der Waals surface area (Å²) in [6.07, 6.45) is 6.07. The van der Waals surface area contributed by atoms with Crippen LogP contribution in [0.4, 0.5) is 4.79 Å². The van der Waals surface area contributed by atoms with Gasteiger partial charge < -0.3 is 26.0 Å². The molecule has 1 saturated carbocycles. The van der Waals surface area contributed by atoms with Crippen LogP contribution in [0, 0.1) is 17.2 Å². The van der Waals surface area contributed by atoms with Gasteiger partial charge in [0.1, 0.15) is 12.1 Å².